The van der Waals surface area contributed by atoms with Gasteiger partial charge in [0, 0.05) is 0 Å². The van der Waals surface area contributed by atoms with E-state index in [0.29, 0.717) is 17.1 Å². The predicted octanol–water partition coefficient (Wildman–Crippen LogP) is 8.63. The van der Waals surface area contributed by atoms with Gasteiger partial charge < -0.3 is 9.47 Å². The molecule has 0 radical (unpaired) electrons. The molecule has 2 aromatic rings. The van der Waals surface area contributed by atoms with Gasteiger partial charge in [0.15, 0.2) is 0 Å². The summed E-state index contributed by atoms with van der Waals surface area (Å²) in [5, 5.41) is 18.6. The van der Waals surface area contributed by atoms with Crippen molar-refractivity contribution in [3.63, 3.8) is 0 Å². The summed E-state index contributed by atoms with van der Waals surface area (Å²) in [4.78, 5) is 0. The van der Waals surface area contributed by atoms with E-state index < -0.39 is 0 Å². The largest absolute Gasteiger partial charge is 0.497 e. The van der Waals surface area contributed by atoms with Crippen LogP contribution in [-0.2, 0) is 9.47 Å². The first-order valence-electron chi connectivity index (χ1n) is 12.4. The second-order valence-corrected chi connectivity index (χ2v) is 8.42. The monoisotopic (exact) mass is 514 g/mol. The summed E-state index contributed by atoms with van der Waals surface area (Å²) in [6.07, 6.45) is 11.3. The van der Waals surface area contributed by atoms with Crippen molar-refractivity contribution in [3.05, 3.63) is 155 Å². The zero-order valence-electron chi connectivity index (χ0n) is 23.3. The van der Waals surface area contributed by atoms with E-state index in [2.05, 4.69) is 13.2 Å². The molecule has 2 aromatic carbocycles. The van der Waals surface area contributed by atoms with Crippen LogP contribution in [0.15, 0.2) is 138 Å². The Hall–Kier alpha value is -5.06. The topological polar surface area (TPSA) is 66.0 Å². The maximum absolute atomic E-state index is 9.30. The highest BCUT2D eigenvalue weighted by atomic mass is 16.5. The quantitative estimate of drug-likeness (QED) is 0.171. The maximum Gasteiger partial charge on any atom is 0.133 e. The Morgan fingerprint density at radius 3 is 1.54 bits per heavy atom. The van der Waals surface area contributed by atoms with Crippen molar-refractivity contribution >= 4 is 11.1 Å². The van der Waals surface area contributed by atoms with Gasteiger partial charge in [-0.05, 0) is 89.6 Å². The fraction of sp³-hybridized carbons (Fsp3) is 0.143. The predicted molar refractivity (Wildman–Crippen MR) is 161 cm³/mol. The summed E-state index contributed by atoms with van der Waals surface area (Å²) in [6, 6.07) is 21.8. The lowest BCUT2D eigenvalue weighted by Crippen LogP contribution is -1.99. The van der Waals surface area contributed by atoms with Gasteiger partial charge in [-0.1, -0.05) is 79.9 Å². The zero-order chi connectivity index (χ0) is 28.8. The minimum Gasteiger partial charge on any atom is -0.497 e. The molecular formula is C35H34N2O2. The van der Waals surface area contributed by atoms with E-state index in [9.17, 15) is 10.5 Å². The Balaban J connectivity index is 2.87. The summed E-state index contributed by atoms with van der Waals surface area (Å²) in [5.74, 6) is 1.43. The highest BCUT2D eigenvalue weighted by Crippen LogP contribution is 2.35. The summed E-state index contributed by atoms with van der Waals surface area (Å²) in [7, 11) is 3.25. The van der Waals surface area contributed by atoms with Gasteiger partial charge in [0.1, 0.15) is 29.2 Å². The molecule has 196 valence electrons. The Morgan fingerprint density at radius 1 is 0.692 bits per heavy atom. The number of rotatable bonds is 11. The molecule has 0 aromatic heterocycles. The van der Waals surface area contributed by atoms with Crippen LogP contribution >= 0.6 is 0 Å². The molecule has 2 rings (SSSR count). The fourth-order valence-corrected chi connectivity index (χ4v) is 3.91. The number of ether oxygens (including phenoxy) is 2. The molecule has 0 N–H and O–H groups in total. The van der Waals surface area contributed by atoms with Crippen LogP contribution < -0.4 is 0 Å². The normalized spacial score (nSPS) is 11.5. The van der Waals surface area contributed by atoms with E-state index in [4.69, 9.17) is 9.47 Å². The molecule has 4 nitrogen and oxygen atoms in total. The SMILES string of the molecule is C=C(/C=C\C(=C/C)OC)C(C(=C)/C=C\C(=C/C)OC)=C(c1ccccc1)c1ccc(C(C)=C(C#N)C#N)cc1. The Kier molecular flexibility index (Phi) is 11.8. The van der Waals surface area contributed by atoms with Crippen molar-refractivity contribution in [1.82, 2.24) is 0 Å². The second-order valence-electron chi connectivity index (χ2n) is 8.42. The van der Waals surface area contributed by atoms with Crippen LogP contribution in [-0.4, -0.2) is 14.2 Å². The Morgan fingerprint density at radius 2 is 1.13 bits per heavy atom. The lowest BCUT2D eigenvalue weighted by Gasteiger charge is -2.19. The lowest BCUT2D eigenvalue weighted by molar-refractivity contribution is 0.306. The van der Waals surface area contributed by atoms with Gasteiger partial charge in [-0.25, -0.2) is 0 Å². The molecule has 0 saturated heterocycles. The van der Waals surface area contributed by atoms with Gasteiger partial charge in [0.2, 0.25) is 0 Å². The van der Waals surface area contributed by atoms with Gasteiger partial charge >= 0.3 is 0 Å². The molecule has 0 unspecified atom stereocenters. The summed E-state index contributed by atoms with van der Waals surface area (Å²) in [5.41, 5.74) is 6.73. The molecule has 0 aliphatic heterocycles. The van der Waals surface area contributed by atoms with Crippen molar-refractivity contribution in [2.45, 2.75) is 20.8 Å². The van der Waals surface area contributed by atoms with E-state index in [1.165, 1.54) is 0 Å². The number of hydrogen-bond donors (Lipinski definition) is 0. The second kappa shape index (κ2) is 15.3. The zero-order valence-corrected chi connectivity index (χ0v) is 23.3. The van der Waals surface area contributed by atoms with Gasteiger partial charge in [0.25, 0.3) is 0 Å². The van der Waals surface area contributed by atoms with Crippen LogP contribution in [0.25, 0.3) is 11.1 Å². The minimum absolute atomic E-state index is 0.0927. The molecule has 0 amide bonds. The number of benzene rings is 2. The summed E-state index contributed by atoms with van der Waals surface area (Å²) >= 11 is 0. The molecule has 0 aliphatic carbocycles. The molecule has 39 heavy (non-hydrogen) atoms. The summed E-state index contributed by atoms with van der Waals surface area (Å²) < 4.78 is 10.8. The first kappa shape index (κ1) is 30.2. The third-order valence-corrected chi connectivity index (χ3v) is 6.10. The average molecular weight is 515 g/mol. The molecule has 0 atom stereocenters. The van der Waals surface area contributed by atoms with Crippen LogP contribution in [0.5, 0.6) is 0 Å². The van der Waals surface area contributed by atoms with Gasteiger partial charge in [-0.2, -0.15) is 10.5 Å². The van der Waals surface area contributed by atoms with E-state index in [1.54, 1.807) is 21.1 Å². The van der Waals surface area contributed by atoms with E-state index >= 15 is 0 Å². The number of hydrogen-bond acceptors (Lipinski definition) is 4. The number of nitriles is 2. The third-order valence-electron chi connectivity index (χ3n) is 6.10. The molecule has 0 aliphatic rings. The first-order chi connectivity index (χ1) is 18.8. The highest BCUT2D eigenvalue weighted by Gasteiger charge is 2.16. The lowest BCUT2D eigenvalue weighted by atomic mass is 9.85. The van der Waals surface area contributed by atoms with E-state index in [-0.39, 0.29) is 5.57 Å². The van der Waals surface area contributed by atoms with Crippen LogP contribution in [0.2, 0.25) is 0 Å². The molecule has 0 saturated carbocycles. The van der Waals surface area contributed by atoms with E-state index in [1.807, 2.05) is 117 Å². The van der Waals surface area contributed by atoms with Crippen LogP contribution in [0.4, 0.5) is 0 Å². The van der Waals surface area contributed by atoms with Gasteiger partial charge in [0.05, 0.1) is 14.2 Å². The molecular weight excluding hydrogens is 480 g/mol. The number of methoxy groups -OCH3 is 2. The standard InChI is InChI=1S/C35H34N2O2/c1-8-32(38-6)21-15-25(3)34(26(4)16-22-33(9-2)39-7)35(29-13-11-10-12-14-29)30-19-17-28(18-20-30)27(5)31(23-36)24-37/h8-22H,3-4H2,1-2,5-7H3/b21-15-,22-16-,32-8+,33-9+. The highest BCUT2D eigenvalue weighted by molar-refractivity contribution is 5.89. The fourth-order valence-electron chi connectivity index (χ4n) is 3.91. The van der Waals surface area contributed by atoms with Crippen molar-refractivity contribution in [1.29, 1.82) is 10.5 Å². The maximum atomic E-state index is 9.30. The Labute approximate surface area is 232 Å². The number of allylic oxidation sites excluding steroid dienone is 11. The molecule has 0 bridgehead atoms. The first-order valence-corrected chi connectivity index (χ1v) is 12.4. The van der Waals surface area contributed by atoms with Crippen molar-refractivity contribution in [3.8, 4) is 12.1 Å². The third kappa shape index (κ3) is 7.96. The number of nitrogens with zero attached hydrogens (tertiary/aromatic N) is 2. The van der Waals surface area contributed by atoms with E-state index in [0.717, 1.165) is 39.0 Å². The van der Waals surface area contributed by atoms with Gasteiger partial charge in [-0.3, -0.25) is 0 Å². The van der Waals surface area contributed by atoms with Crippen LogP contribution in [0.3, 0.4) is 0 Å². The average Bonchev–Trinajstić information content (AvgIpc) is 2.97. The summed E-state index contributed by atoms with van der Waals surface area (Å²) in [6.45, 7) is 14.4. The molecule has 4 heteroatoms. The van der Waals surface area contributed by atoms with Crippen LogP contribution in [0.1, 0.15) is 37.5 Å². The molecule has 0 heterocycles. The van der Waals surface area contributed by atoms with Crippen molar-refractivity contribution in [2.75, 3.05) is 14.2 Å². The molecule has 0 spiro atoms. The van der Waals surface area contributed by atoms with Crippen molar-refractivity contribution in [2.24, 2.45) is 0 Å². The minimum atomic E-state index is 0.0927. The molecule has 0 fully saturated rings. The smallest absolute Gasteiger partial charge is 0.133 e. The Bertz CT molecular complexity index is 1400. The van der Waals surface area contributed by atoms with Crippen molar-refractivity contribution < 1.29 is 9.47 Å². The van der Waals surface area contributed by atoms with Crippen LogP contribution in [0, 0.1) is 22.7 Å². The van der Waals surface area contributed by atoms with Gasteiger partial charge in [-0.15, -0.1) is 0 Å².